The lowest BCUT2D eigenvalue weighted by Gasteiger charge is -2.17. The second-order valence-electron chi connectivity index (χ2n) is 3.81. The number of halogens is 1. The Bertz CT molecular complexity index is 473. The van der Waals surface area contributed by atoms with Crippen LogP contribution in [0.4, 0.5) is 4.39 Å². The van der Waals surface area contributed by atoms with E-state index in [2.05, 4.69) is 4.72 Å². The van der Waals surface area contributed by atoms with E-state index in [1.54, 1.807) is 0 Å². The van der Waals surface area contributed by atoms with E-state index in [0.29, 0.717) is 13.0 Å². The number of sulfonamides is 1. The SMILES string of the molecule is COCC(CCN)NS(=O)(=O)c1cccc(F)c1. The summed E-state index contributed by atoms with van der Waals surface area (Å²) in [5, 5.41) is 0. The third-order valence-corrected chi connectivity index (χ3v) is 3.83. The molecule has 0 bridgehead atoms. The minimum Gasteiger partial charge on any atom is -0.383 e. The fraction of sp³-hybridized carbons (Fsp3) is 0.455. The first-order chi connectivity index (χ1) is 8.49. The Balaban J connectivity index is 2.86. The molecule has 1 atom stereocenters. The van der Waals surface area contributed by atoms with Crippen LogP contribution in [0.5, 0.6) is 0 Å². The average Bonchev–Trinajstić information content (AvgIpc) is 2.29. The van der Waals surface area contributed by atoms with Gasteiger partial charge in [-0.25, -0.2) is 17.5 Å². The van der Waals surface area contributed by atoms with Crippen LogP contribution in [-0.2, 0) is 14.8 Å². The van der Waals surface area contributed by atoms with Crippen molar-refractivity contribution in [2.45, 2.75) is 17.4 Å². The lowest BCUT2D eigenvalue weighted by molar-refractivity contribution is 0.172. The molecule has 0 radical (unpaired) electrons. The summed E-state index contributed by atoms with van der Waals surface area (Å²) in [7, 11) is -2.28. The molecule has 3 N–H and O–H groups in total. The zero-order valence-electron chi connectivity index (χ0n) is 10.1. The monoisotopic (exact) mass is 276 g/mol. The van der Waals surface area contributed by atoms with E-state index < -0.39 is 21.9 Å². The van der Waals surface area contributed by atoms with Crippen molar-refractivity contribution in [2.24, 2.45) is 5.73 Å². The lowest BCUT2D eigenvalue weighted by Crippen LogP contribution is -2.39. The van der Waals surface area contributed by atoms with Gasteiger partial charge in [0, 0.05) is 13.2 Å². The summed E-state index contributed by atoms with van der Waals surface area (Å²) in [5.41, 5.74) is 5.39. The van der Waals surface area contributed by atoms with Crippen LogP contribution in [0.2, 0.25) is 0 Å². The summed E-state index contributed by atoms with van der Waals surface area (Å²) in [6, 6.07) is 4.41. The Kier molecular flexibility index (Phi) is 5.67. The van der Waals surface area contributed by atoms with Gasteiger partial charge in [0.25, 0.3) is 0 Å². The van der Waals surface area contributed by atoms with E-state index in [4.69, 9.17) is 10.5 Å². The number of hydrogen-bond donors (Lipinski definition) is 2. The lowest BCUT2D eigenvalue weighted by atomic mass is 10.2. The third-order valence-electron chi connectivity index (χ3n) is 2.31. The summed E-state index contributed by atoms with van der Waals surface area (Å²) in [6.45, 7) is 0.547. The second kappa shape index (κ2) is 6.79. The first-order valence-electron chi connectivity index (χ1n) is 5.46. The van der Waals surface area contributed by atoms with Gasteiger partial charge in [-0.15, -0.1) is 0 Å². The van der Waals surface area contributed by atoms with Crippen molar-refractivity contribution in [3.05, 3.63) is 30.1 Å². The van der Waals surface area contributed by atoms with E-state index in [1.807, 2.05) is 0 Å². The molecule has 0 aliphatic heterocycles. The number of methoxy groups -OCH3 is 1. The summed E-state index contributed by atoms with van der Waals surface area (Å²) in [6.07, 6.45) is 0.447. The fourth-order valence-corrected chi connectivity index (χ4v) is 2.79. The van der Waals surface area contributed by atoms with E-state index >= 15 is 0 Å². The van der Waals surface area contributed by atoms with Gasteiger partial charge in [-0.2, -0.15) is 0 Å². The highest BCUT2D eigenvalue weighted by Crippen LogP contribution is 2.11. The second-order valence-corrected chi connectivity index (χ2v) is 5.52. The van der Waals surface area contributed by atoms with Crippen LogP contribution in [0.1, 0.15) is 6.42 Å². The topological polar surface area (TPSA) is 81.4 Å². The van der Waals surface area contributed by atoms with Crippen LogP contribution in [0, 0.1) is 5.82 Å². The summed E-state index contributed by atoms with van der Waals surface area (Å²) < 4.78 is 44.3. The van der Waals surface area contributed by atoms with Crippen molar-refractivity contribution in [3.63, 3.8) is 0 Å². The fourth-order valence-electron chi connectivity index (χ4n) is 1.50. The van der Waals surface area contributed by atoms with E-state index in [-0.39, 0.29) is 11.5 Å². The quantitative estimate of drug-likeness (QED) is 0.758. The number of nitrogens with two attached hydrogens (primary N) is 1. The van der Waals surface area contributed by atoms with Gasteiger partial charge in [0.05, 0.1) is 11.5 Å². The normalized spacial score (nSPS) is 13.5. The Hall–Kier alpha value is -1.02. The molecular weight excluding hydrogens is 259 g/mol. The number of hydrogen-bond acceptors (Lipinski definition) is 4. The predicted molar refractivity (Wildman–Crippen MR) is 66.1 cm³/mol. The van der Waals surface area contributed by atoms with Gasteiger partial charge in [-0.05, 0) is 31.2 Å². The Morgan fingerprint density at radius 1 is 1.50 bits per heavy atom. The van der Waals surface area contributed by atoms with Crippen molar-refractivity contribution >= 4 is 10.0 Å². The van der Waals surface area contributed by atoms with Crippen molar-refractivity contribution in [1.82, 2.24) is 4.72 Å². The molecule has 0 aromatic heterocycles. The van der Waals surface area contributed by atoms with Crippen LogP contribution >= 0.6 is 0 Å². The van der Waals surface area contributed by atoms with Gasteiger partial charge >= 0.3 is 0 Å². The highest BCUT2D eigenvalue weighted by Gasteiger charge is 2.19. The minimum atomic E-state index is -3.75. The molecular formula is C11H17FN2O3S. The van der Waals surface area contributed by atoms with Crippen LogP contribution in [0.15, 0.2) is 29.2 Å². The van der Waals surface area contributed by atoms with Gasteiger partial charge in [-0.3, -0.25) is 0 Å². The van der Waals surface area contributed by atoms with Crippen molar-refractivity contribution < 1.29 is 17.5 Å². The number of rotatable bonds is 7. The molecule has 102 valence electrons. The molecule has 0 aliphatic rings. The van der Waals surface area contributed by atoms with Crippen LogP contribution < -0.4 is 10.5 Å². The molecule has 1 aromatic carbocycles. The Labute approximate surface area is 106 Å². The van der Waals surface area contributed by atoms with Gasteiger partial charge in [-0.1, -0.05) is 6.07 Å². The molecule has 0 aliphatic carbocycles. The molecule has 0 saturated carbocycles. The zero-order chi connectivity index (χ0) is 13.6. The number of benzene rings is 1. The first kappa shape index (κ1) is 15.0. The molecule has 0 amide bonds. The molecule has 0 saturated heterocycles. The smallest absolute Gasteiger partial charge is 0.241 e. The molecule has 1 rings (SSSR count). The number of nitrogens with one attached hydrogen (secondary N) is 1. The van der Waals surface area contributed by atoms with E-state index in [0.717, 1.165) is 6.07 Å². The van der Waals surface area contributed by atoms with Gasteiger partial charge in [0.15, 0.2) is 0 Å². The molecule has 0 spiro atoms. The van der Waals surface area contributed by atoms with Crippen LogP contribution in [0.3, 0.4) is 0 Å². The summed E-state index contributed by atoms with van der Waals surface area (Å²) in [5.74, 6) is -0.597. The highest BCUT2D eigenvalue weighted by molar-refractivity contribution is 7.89. The largest absolute Gasteiger partial charge is 0.383 e. The molecule has 0 heterocycles. The molecule has 0 fully saturated rings. The third kappa shape index (κ3) is 4.34. The van der Waals surface area contributed by atoms with E-state index in [9.17, 15) is 12.8 Å². The van der Waals surface area contributed by atoms with Crippen LogP contribution in [-0.4, -0.2) is 34.7 Å². The predicted octanol–water partition coefficient (Wildman–Crippen LogP) is 0.468. The van der Waals surface area contributed by atoms with Gasteiger partial charge < -0.3 is 10.5 Å². The summed E-state index contributed by atoms with van der Waals surface area (Å²) >= 11 is 0. The van der Waals surface area contributed by atoms with Crippen molar-refractivity contribution in [2.75, 3.05) is 20.3 Å². The average molecular weight is 276 g/mol. The van der Waals surface area contributed by atoms with Crippen LogP contribution in [0.25, 0.3) is 0 Å². The van der Waals surface area contributed by atoms with Crippen molar-refractivity contribution in [1.29, 1.82) is 0 Å². The van der Waals surface area contributed by atoms with E-state index in [1.165, 1.54) is 25.3 Å². The van der Waals surface area contributed by atoms with Gasteiger partial charge in [0.1, 0.15) is 5.82 Å². The standard InChI is InChI=1S/C11H17FN2O3S/c1-17-8-10(5-6-13)14-18(15,16)11-4-2-3-9(12)7-11/h2-4,7,10,14H,5-6,8,13H2,1H3. The first-order valence-corrected chi connectivity index (χ1v) is 6.95. The Morgan fingerprint density at radius 3 is 2.78 bits per heavy atom. The van der Waals surface area contributed by atoms with Crippen molar-refractivity contribution in [3.8, 4) is 0 Å². The highest BCUT2D eigenvalue weighted by atomic mass is 32.2. The number of ether oxygens (including phenoxy) is 1. The Morgan fingerprint density at radius 2 is 2.22 bits per heavy atom. The van der Waals surface area contributed by atoms with Gasteiger partial charge in [0.2, 0.25) is 10.0 Å². The molecule has 7 heteroatoms. The molecule has 1 unspecified atom stereocenters. The maximum absolute atomic E-state index is 13.0. The maximum Gasteiger partial charge on any atom is 0.241 e. The minimum absolute atomic E-state index is 0.111. The maximum atomic E-state index is 13.0. The zero-order valence-corrected chi connectivity index (χ0v) is 10.9. The molecule has 5 nitrogen and oxygen atoms in total. The molecule has 18 heavy (non-hydrogen) atoms. The summed E-state index contributed by atoms with van der Waals surface area (Å²) in [4.78, 5) is -0.111. The molecule has 1 aromatic rings.